The number of hydrogen-bond acceptors (Lipinski definition) is 2. The molecule has 1 atom stereocenters. The Hall–Kier alpha value is -1.06. The lowest BCUT2D eigenvalue weighted by Crippen LogP contribution is -2.34. The molecule has 0 amide bonds. The third-order valence-corrected chi connectivity index (χ3v) is 2.36. The fourth-order valence-electron chi connectivity index (χ4n) is 1.72. The molecule has 0 aromatic heterocycles. The highest BCUT2D eigenvalue weighted by Gasteiger charge is 2.24. The van der Waals surface area contributed by atoms with E-state index in [0.29, 0.717) is 0 Å². The SMILES string of the molecule is Cl.O=C(O)C1NCCc2ccccc21. The second kappa shape index (κ2) is 4.44. The molecule has 1 aliphatic rings. The Bertz CT molecular complexity index is 341. The van der Waals surface area contributed by atoms with E-state index >= 15 is 0 Å². The van der Waals surface area contributed by atoms with Crippen LogP contribution in [0.1, 0.15) is 17.2 Å². The molecule has 76 valence electrons. The van der Waals surface area contributed by atoms with Gasteiger partial charge in [0.25, 0.3) is 0 Å². The number of carboxylic acids is 1. The van der Waals surface area contributed by atoms with Gasteiger partial charge in [-0.3, -0.25) is 4.79 Å². The van der Waals surface area contributed by atoms with Gasteiger partial charge in [-0.1, -0.05) is 24.3 Å². The van der Waals surface area contributed by atoms with E-state index in [1.807, 2.05) is 24.3 Å². The van der Waals surface area contributed by atoms with Crippen LogP contribution in [0, 0.1) is 0 Å². The van der Waals surface area contributed by atoms with Crippen molar-refractivity contribution in [2.24, 2.45) is 0 Å². The first kappa shape index (κ1) is 11.0. The van der Waals surface area contributed by atoms with E-state index in [9.17, 15) is 4.79 Å². The average Bonchev–Trinajstić information content (AvgIpc) is 2.17. The van der Waals surface area contributed by atoms with E-state index < -0.39 is 12.0 Å². The van der Waals surface area contributed by atoms with Gasteiger partial charge < -0.3 is 10.4 Å². The maximum absolute atomic E-state index is 10.9. The van der Waals surface area contributed by atoms with Crippen LogP contribution in [0.3, 0.4) is 0 Å². The number of carbonyl (C=O) groups is 1. The minimum atomic E-state index is -0.799. The van der Waals surface area contributed by atoms with Crippen LogP contribution in [0.2, 0.25) is 0 Å². The van der Waals surface area contributed by atoms with Crippen LogP contribution in [0.5, 0.6) is 0 Å². The highest BCUT2D eigenvalue weighted by molar-refractivity contribution is 5.85. The van der Waals surface area contributed by atoms with Crippen LogP contribution in [0.25, 0.3) is 0 Å². The molecule has 4 heteroatoms. The molecule has 14 heavy (non-hydrogen) atoms. The molecule has 1 heterocycles. The fraction of sp³-hybridized carbons (Fsp3) is 0.300. The zero-order valence-electron chi connectivity index (χ0n) is 7.56. The van der Waals surface area contributed by atoms with E-state index in [1.54, 1.807) is 0 Å². The summed E-state index contributed by atoms with van der Waals surface area (Å²) < 4.78 is 0. The third kappa shape index (κ3) is 1.89. The Morgan fingerprint density at radius 1 is 1.43 bits per heavy atom. The Morgan fingerprint density at radius 2 is 2.14 bits per heavy atom. The van der Waals surface area contributed by atoms with Crippen LogP contribution in [0.15, 0.2) is 24.3 Å². The van der Waals surface area contributed by atoms with Crippen molar-refractivity contribution in [1.29, 1.82) is 0 Å². The van der Waals surface area contributed by atoms with Gasteiger partial charge in [0.2, 0.25) is 0 Å². The molecule has 1 aliphatic heterocycles. The van der Waals surface area contributed by atoms with Crippen LogP contribution in [-0.4, -0.2) is 17.6 Å². The number of rotatable bonds is 1. The van der Waals surface area contributed by atoms with Gasteiger partial charge in [0.1, 0.15) is 6.04 Å². The molecule has 0 fully saturated rings. The number of nitrogens with one attached hydrogen (secondary N) is 1. The molecule has 1 aromatic carbocycles. The van der Waals surface area contributed by atoms with Crippen molar-refractivity contribution in [2.45, 2.75) is 12.5 Å². The summed E-state index contributed by atoms with van der Waals surface area (Å²) in [6.45, 7) is 0.744. The lowest BCUT2D eigenvalue weighted by atomic mass is 9.95. The first-order valence-electron chi connectivity index (χ1n) is 4.33. The summed E-state index contributed by atoms with van der Waals surface area (Å²) in [6, 6.07) is 7.17. The van der Waals surface area contributed by atoms with Crippen LogP contribution < -0.4 is 5.32 Å². The smallest absolute Gasteiger partial charge is 0.325 e. The van der Waals surface area contributed by atoms with Crippen molar-refractivity contribution in [1.82, 2.24) is 5.32 Å². The van der Waals surface area contributed by atoms with Gasteiger partial charge in [-0.2, -0.15) is 0 Å². The predicted molar refractivity (Wildman–Crippen MR) is 55.8 cm³/mol. The van der Waals surface area contributed by atoms with Crippen molar-refractivity contribution in [3.8, 4) is 0 Å². The quantitative estimate of drug-likeness (QED) is 0.741. The zero-order valence-corrected chi connectivity index (χ0v) is 8.38. The standard InChI is InChI=1S/C10H11NO2.ClH/c12-10(13)9-8-4-2-1-3-7(8)5-6-11-9;/h1-4,9,11H,5-6H2,(H,12,13);1H. The van der Waals surface area contributed by atoms with Crippen molar-refractivity contribution < 1.29 is 9.90 Å². The molecule has 2 N–H and O–H groups in total. The summed E-state index contributed by atoms with van der Waals surface area (Å²) in [7, 11) is 0. The van der Waals surface area contributed by atoms with Gasteiger partial charge in [0.15, 0.2) is 0 Å². The van der Waals surface area contributed by atoms with Crippen LogP contribution in [0.4, 0.5) is 0 Å². The van der Waals surface area contributed by atoms with Crippen LogP contribution in [-0.2, 0) is 11.2 Å². The fourth-order valence-corrected chi connectivity index (χ4v) is 1.72. The number of halogens is 1. The Morgan fingerprint density at radius 3 is 2.86 bits per heavy atom. The second-order valence-corrected chi connectivity index (χ2v) is 3.17. The maximum Gasteiger partial charge on any atom is 0.325 e. The van der Waals surface area contributed by atoms with Gasteiger partial charge >= 0.3 is 5.97 Å². The lowest BCUT2D eigenvalue weighted by molar-refractivity contribution is -0.139. The summed E-state index contributed by atoms with van der Waals surface area (Å²) in [5, 5.41) is 11.9. The molecule has 0 bridgehead atoms. The van der Waals surface area contributed by atoms with Crippen molar-refractivity contribution in [2.75, 3.05) is 6.54 Å². The van der Waals surface area contributed by atoms with Gasteiger partial charge in [-0.05, 0) is 17.5 Å². The number of hydrogen-bond donors (Lipinski definition) is 2. The minimum Gasteiger partial charge on any atom is -0.480 e. The zero-order chi connectivity index (χ0) is 9.26. The summed E-state index contributed by atoms with van der Waals surface area (Å²) in [6.07, 6.45) is 0.917. The number of fused-ring (bicyclic) bond motifs is 1. The maximum atomic E-state index is 10.9. The monoisotopic (exact) mass is 213 g/mol. The highest BCUT2D eigenvalue weighted by Crippen LogP contribution is 2.22. The van der Waals surface area contributed by atoms with Crippen molar-refractivity contribution in [3.63, 3.8) is 0 Å². The highest BCUT2D eigenvalue weighted by atomic mass is 35.5. The molecule has 0 saturated carbocycles. The molecule has 0 radical (unpaired) electrons. The van der Waals surface area contributed by atoms with Gasteiger partial charge in [0.05, 0.1) is 0 Å². The summed E-state index contributed by atoms with van der Waals surface area (Å²) in [5.74, 6) is -0.799. The normalized spacial score (nSPS) is 19.3. The number of carboxylic acid groups (broad SMARTS) is 1. The first-order valence-corrected chi connectivity index (χ1v) is 4.33. The van der Waals surface area contributed by atoms with E-state index in [0.717, 1.165) is 24.1 Å². The second-order valence-electron chi connectivity index (χ2n) is 3.17. The molecule has 1 unspecified atom stereocenters. The first-order chi connectivity index (χ1) is 6.29. The molecule has 0 spiro atoms. The predicted octanol–water partition coefficient (Wildman–Crippen LogP) is 1.38. The van der Waals surface area contributed by atoms with Crippen LogP contribution >= 0.6 is 12.4 Å². The topological polar surface area (TPSA) is 49.3 Å². The van der Waals surface area contributed by atoms with E-state index in [2.05, 4.69) is 5.32 Å². The van der Waals surface area contributed by atoms with Gasteiger partial charge in [-0.15, -0.1) is 12.4 Å². The summed E-state index contributed by atoms with van der Waals surface area (Å²) >= 11 is 0. The minimum absolute atomic E-state index is 0. The van der Waals surface area contributed by atoms with Gasteiger partial charge in [0, 0.05) is 6.54 Å². The van der Waals surface area contributed by atoms with Crippen molar-refractivity contribution >= 4 is 18.4 Å². The molecule has 2 rings (SSSR count). The lowest BCUT2D eigenvalue weighted by Gasteiger charge is -2.23. The summed E-state index contributed by atoms with van der Waals surface area (Å²) in [5.41, 5.74) is 2.05. The molecular weight excluding hydrogens is 202 g/mol. The van der Waals surface area contributed by atoms with Gasteiger partial charge in [-0.25, -0.2) is 0 Å². The molecule has 0 saturated heterocycles. The van der Waals surface area contributed by atoms with E-state index in [1.165, 1.54) is 0 Å². The Labute approximate surface area is 88.5 Å². The molecular formula is C10H12ClNO2. The third-order valence-electron chi connectivity index (χ3n) is 2.36. The van der Waals surface area contributed by atoms with Crippen molar-refractivity contribution in [3.05, 3.63) is 35.4 Å². The van der Waals surface area contributed by atoms with E-state index in [-0.39, 0.29) is 12.4 Å². The Balaban J connectivity index is 0.000000980. The Kier molecular flexibility index (Phi) is 3.49. The number of aliphatic carboxylic acids is 1. The van der Waals surface area contributed by atoms with E-state index in [4.69, 9.17) is 5.11 Å². The molecule has 1 aromatic rings. The summed E-state index contributed by atoms with van der Waals surface area (Å²) in [4.78, 5) is 10.9. The number of benzene rings is 1. The molecule has 0 aliphatic carbocycles. The molecule has 3 nitrogen and oxygen atoms in total. The average molecular weight is 214 g/mol. The largest absolute Gasteiger partial charge is 0.480 e.